The number of rotatable bonds is 6. The molecular weight excluding hydrogens is 244 g/mol. The maximum Gasteiger partial charge on any atom is 0.0376 e. The molecule has 20 heavy (non-hydrogen) atoms. The van der Waals surface area contributed by atoms with Crippen molar-refractivity contribution in [2.45, 2.75) is 26.3 Å². The van der Waals surface area contributed by atoms with Crippen LogP contribution < -0.4 is 11.1 Å². The van der Waals surface area contributed by atoms with Crippen LogP contribution in [-0.4, -0.2) is 12.6 Å². The van der Waals surface area contributed by atoms with Crippen molar-refractivity contribution in [3.05, 3.63) is 65.7 Å². The molecule has 0 aliphatic heterocycles. The van der Waals surface area contributed by atoms with Gasteiger partial charge in [-0.15, -0.1) is 0 Å². The van der Waals surface area contributed by atoms with Crippen molar-refractivity contribution in [2.75, 3.05) is 11.9 Å². The first-order valence-corrected chi connectivity index (χ1v) is 7.28. The molecule has 0 aromatic heterocycles. The summed E-state index contributed by atoms with van der Waals surface area (Å²) in [5.41, 5.74) is 9.94. The van der Waals surface area contributed by atoms with E-state index in [9.17, 15) is 0 Å². The lowest BCUT2D eigenvalue weighted by molar-refractivity contribution is 0.511. The fraction of sp³-hybridized carbons (Fsp3) is 0.333. The molecule has 0 amide bonds. The summed E-state index contributed by atoms with van der Waals surface area (Å²) < 4.78 is 0. The second kappa shape index (κ2) is 7.11. The highest BCUT2D eigenvalue weighted by molar-refractivity contribution is 5.52. The van der Waals surface area contributed by atoms with Crippen LogP contribution in [0.2, 0.25) is 0 Å². The van der Waals surface area contributed by atoms with Crippen molar-refractivity contribution >= 4 is 5.69 Å². The summed E-state index contributed by atoms with van der Waals surface area (Å²) in [4.78, 5) is 0. The molecule has 0 radical (unpaired) electrons. The van der Waals surface area contributed by atoms with Gasteiger partial charge in [-0.1, -0.05) is 62.4 Å². The zero-order valence-corrected chi connectivity index (χ0v) is 12.3. The van der Waals surface area contributed by atoms with E-state index in [-0.39, 0.29) is 6.04 Å². The average molecular weight is 268 g/mol. The van der Waals surface area contributed by atoms with Gasteiger partial charge in [-0.05, 0) is 29.5 Å². The fourth-order valence-corrected chi connectivity index (χ4v) is 2.13. The largest absolute Gasteiger partial charge is 0.383 e. The van der Waals surface area contributed by atoms with E-state index in [0.29, 0.717) is 5.92 Å². The van der Waals surface area contributed by atoms with Gasteiger partial charge in [0, 0.05) is 18.3 Å². The summed E-state index contributed by atoms with van der Waals surface area (Å²) in [6.07, 6.45) is 0.945. The van der Waals surface area contributed by atoms with Gasteiger partial charge < -0.3 is 11.1 Å². The molecule has 0 heterocycles. The molecule has 0 saturated carbocycles. The topological polar surface area (TPSA) is 38.0 Å². The van der Waals surface area contributed by atoms with Crippen LogP contribution in [0.3, 0.4) is 0 Å². The highest BCUT2D eigenvalue weighted by Crippen LogP contribution is 2.19. The Morgan fingerprint density at radius 1 is 0.950 bits per heavy atom. The Morgan fingerprint density at radius 2 is 1.60 bits per heavy atom. The Kier molecular flexibility index (Phi) is 5.19. The molecule has 3 N–H and O–H groups in total. The van der Waals surface area contributed by atoms with Crippen molar-refractivity contribution in [2.24, 2.45) is 11.7 Å². The molecule has 2 aromatic rings. The SMILES string of the molecule is CC(C)C(N)CNc1ccccc1Cc1ccccc1. The maximum atomic E-state index is 6.10. The highest BCUT2D eigenvalue weighted by Gasteiger charge is 2.08. The number of benzene rings is 2. The van der Waals surface area contributed by atoms with Crippen LogP contribution in [0.5, 0.6) is 0 Å². The minimum Gasteiger partial charge on any atom is -0.383 e. The standard InChI is InChI=1S/C18H24N2/c1-14(2)17(19)13-20-18-11-7-6-10-16(18)12-15-8-4-3-5-9-15/h3-11,14,17,20H,12-13,19H2,1-2H3. The Balaban J connectivity index is 2.06. The summed E-state index contributed by atoms with van der Waals surface area (Å²) >= 11 is 0. The lowest BCUT2D eigenvalue weighted by Gasteiger charge is -2.18. The number of nitrogens with one attached hydrogen (secondary N) is 1. The van der Waals surface area contributed by atoms with Gasteiger partial charge in [-0.2, -0.15) is 0 Å². The number of hydrogen-bond acceptors (Lipinski definition) is 2. The highest BCUT2D eigenvalue weighted by atomic mass is 14.9. The molecule has 106 valence electrons. The van der Waals surface area contributed by atoms with Gasteiger partial charge in [0.05, 0.1) is 0 Å². The van der Waals surface area contributed by atoms with Gasteiger partial charge in [-0.25, -0.2) is 0 Å². The zero-order chi connectivity index (χ0) is 14.4. The van der Waals surface area contributed by atoms with Crippen LogP contribution in [0, 0.1) is 5.92 Å². The van der Waals surface area contributed by atoms with Crippen molar-refractivity contribution in [1.29, 1.82) is 0 Å². The molecule has 2 rings (SSSR count). The van der Waals surface area contributed by atoms with E-state index >= 15 is 0 Å². The van der Waals surface area contributed by atoms with Gasteiger partial charge in [0.2, 0.25) is 0 Å². The van der Waals surface area contributed by atoms with Crippen LogP contribution in [0.1, 0.15) is 25.0 Å². The van der Waals surface area contributed by atoms with E-state index in [1.165, 1.54) is 16.8 Å². The molecule has 0 saturated heterocycles. The number of anilines is 1. The average Bonchev–Trinajstić information content (AvgIpc) is 2.47. The predicted molar refractivity (Wildman–Crippen MR) is 87.0 cm³/mol. The molecule has 2 nitrogen and oxygen atoms in total. The Bertz CT molecular complexity index is 520. The van der Waals surface area contributed by atoms with Crippen LogP contribution in [-0.2, 0) is 6.42 Å². The molecule has 0 aliphatic carbocycles. The molecule has 2 aromatic carbocycles. The molecule has 0 aliphatic rings. The third-order valence-corrected chi connectivity index (χ3v) is 3.64. The van der Waals surface area contributed by atoms with Gasteiger partial charge in [-0.3, -0.25) is 0 Å². The lowest BCUT2D eigenvalue weighted by Crippen LogP contribution is -2.34. The van der Waals surface area contributed by atoms with Gasteiger partial charge in [0.15, 0.2) is 0 Å². The molecule has 1 unspecified atom stereocenters. The number of hydrogen-bond donors (Lipinski definition) is 2. The van der Waals surface area contributed by atoms with Crippen LogP contribution in [0.4, 0.5) is 5.69 Å². The van der Waals surface area contributed by atoms with E-state index in [1.807, 2.05) is 0 Å². The van der Waals surface area contributed by atoms with Crippen LogP contribution in [0.15, 0.2) is 54.6 Å². The minimum absolute atomic E-state index is 0.180. The first-order valence-electron chi connectivity index (χ1n) is 7.28. The minimum atomic E-state index is 0.180. The molecule has 1 atom stereocenters. The van der Waals surface area contributed by atoms with Crippen molar-refractivity contribution in [3.63, 3.8) is 0 Å². The fourth-order valence-electron chi connectivity index (χ4n) is 2.13. The summed E-state index contributed by atoms with van der Waals surface area (Å²) in [6.45, 7) is 5.12. The Morgan fingerprint density at radius 3 is 2.30 bits per heavy atom. The third-order valence-electron chi connectivity index (χ3n) is 3.64. The number of para-hydroxylation sites is 1. The zero-order valence-electron chi connectivity index (χ0n) is 12.3. The Labute approximate surface area is 122 Å². The molecule has 0 bridgehead atoms. The van der Waals surface area contributed by atoms with Gasteiger partial charge >= 0.3 is 0 Å². The third kappa shape index (κ3) is 4.10. The van der Waals surface area contributed by atoms with E-state index < -0.39 is 0 Å². The predicted octanol–water partition coefficient (Wildman–Crippen LogP) is 3.67. The first kappa shape index (κ1) is 14.6. The monoisotopic (exact) mass is 268 g/mol. The summed E-state index contributed by atoms with van der Waals surface area (Å²) in [5.74, 6) is 0.490. The Hall–Kier alpha value is -1.80. The molecular formula is C18H24N2. The van der Waals surface area contributed by atoms with Crippen molar-refractivity contribution < 1.29 is 0 Å². The first-order chi connectivity index (χ1) is 9.66. The van der Waals surface area contributed by atoms with E-state index in [1.54, 1.807) is 0 Å². The molecule has 0 fully saturated rings. The van der Waals surface area contributed by atoms with Gasteiger partial charge in [0.1, 0.15) is 0 Å². The maximum absolute atomic E-state index is 6.10. The molecule has 0 spiro atoms. The van der Waals surface area contributed by atoms with Gasteiger partial charge in [0.25, 0.3) is 0 Å². The lowest BCUT2D eigenvalue weighted by atomic mass is 10.0. The summed E-state index contributed by atoms with van der Waals surface area (Å²) in [7, 11) is 0. The van der Waals surface area contributed by atoms with E-state index in [0.717, 1.165) is 13.0 Å². The second-order valence-corrected chi connectivity index (χ2v) is 5.61. The van der Waals surface area contributed by atoms with Crippen LogP contribution >= 0.6 is 0 Å². The number of nitrogens with two attached hydrogens (primary N) is 1. The van der Waals surface area contributed by atoms with E-state index in [4.69, 9.17) is 5.73 Å². The van der Waals surface area contributed by atoms with Crippen LogP contribution in [0.25, 0.3) is 0 Å². The van der Waals surface area contributed by atoms with Crippen molar-refractivity contribution in [1.82, 2.24) is 0 Å². The smallest absolute Gasteiger partial charge is 0.0376 e. The summed E-state index contributed by atoms with van der Waals surface area (Å²) in [5, 5.41) is 3.49. The summed E-state index contributed by atoms with van der Waals surface area (Å²) in [6, 6.07) is 19.2. The van der Waals surface area contributed by atoms with Crippen molar-refractivity contribution in [3.8, 4) is 0 Å². The molecule has 2 heteroatoms. The van der Waals surface area contributed by atoms with E-state index in [2.05, 4.69) is 73.8 Å². The normalized spacial score (nSPS) is 12.4. The quantitative estimate of drug-likeness (QED) is 0.839. The second-order valence-electron chi connectivity index (χ2n) is 5.61.